The van der Waals surface area contributed by atoms with Crippen molar-refractivity contribution in [2.75, 3.05) is 33.7 Å². The van der Waals surface area contributed by atoms with E-state index in [9.17, 15) is 9.59 Å². The van der Waals surface area contributed by atoms with Gasteiger partial charge in [0.25, 0.3) is 0 Å². The van der Waals surface area contributed by atoms with Crippen molar-refractivity contribution in [3.8, 4) is 0 Å². The minimum Gasteiger partial charge on any atom is -0.336 e. The van der Waals surface area contributed by atoms with Crippen LogP contribution in [0.15, 0.2) is 35.7 Å². The lowest BCUT2D eigenvalue weighted by Crippen LogP contribution is -2.46. The average Bonchev–Trinajstić information content (AvgIpc) is 3.20. The van der Waals surface area contributed by atoms with Crippen LogP contribution in [-0.4, -0.2) is 55.5 Å². The second-order valence-corrected chi connectivity index (χ2v) is 8.57. The number of carbonyl (C=O) groups is 2. The number of nitrogens with zero attached hydrogens (tertiary/aromatic N) is 2. The largest absolute Gasteiger partial charge is 0.336 e. The van der Waals surface area contributed by atoms with Gasteiger partial charge >= 0.3 is 6.03 Å². The third kappa shape index (κ3) is 5.58. The predicted octanol–water partition coefficient (Wildman–Crippen LogP) is 2.80. The van der Waals surface area contributed by atoms with Crippen LogP contribution in [0, 0.1) is 0 Å². The molecule has 0 bridgehead atoms. The monoisotopic (exact) mass is 414 g/mol. The Hall–Kier alpha value is -2.38. The number of likely N-dealkylation sites (N-methyl/N-ethyl adjacent to an activating group) is 1. The zero-order chi connectivity index (χ0) is 20.8. The van der Waals surface area contributed by atoms with Gasteiger partial charge in [-0.15, -0.1) is 11.3 Å². The van der Waals surface area contributed by atoms with E-state index in [-0.39, 0.29) is 24.5 Å². The van der Waals surface area contributed by atoms with Crippen molar-refractivity contribution in [2.24, 2.45) is 0 Å². The summed E-state index contributed by atoms with van der Waals surface area (Å²) in [5, 5.41) is 7.68. The first kappa shape index (κ1) is 21.3. The van der Waals surface area contributed by atoms with Crippen LogP contribution < -0.4 is 10.6 Å². The van der Waals surface area contributed by atoms with Crippen molar-refractivity contribution in [2.45, 2.75) is 32.4 Å². The fourth-order valence-corrected chi connectivity index (χ4v) is 4.44. The highest BCUT2D eigenvalue weighted by Crippen LogP contribution is 2.23. The molecule has 29 heavy (non-hydrogen) atoms. The Labute approximate surface area is 176 Å². The molecule has 2 aromatic rings. The van der Waals surface area contributed by atoms with Crippen LogP contribution in [0.25, 0.3) is 0 Å². The molecule has 1 aliphatic rings. The van der Waals surface area contributed by atoms with Gasteiger partial charge in [0.1, 0.15) is 0 Å². The Balaban J connectivity index is 1.46. The molecule has 2 heterocycles. The van der Waals surface area contributed by atoms with Crippen molar-refractivity contribution in [1.29, 1.82) is 0 Å². The van der Waals surface area contributed by atoms with E-state index in [4.69, 9.17) is 0 Å². The minimum absolute atomic E-state index is 0.0170. The number of carbonyl (C=O) groups excluding carboxylic acids is 2. The summed E-state index contributed by atoms with van der Waals surface area (Å²) >= 11 is 1.75. The van der Waals surface area contributed by atoms with Crippen molar-refractivity contribution in [1.82, 2.24) is 20.4 Å². The molecule has 156 valence electrons. The van der Waals surface area contributed by atoms with E-state index in [1.54, 1.807) is 11.3 Å². The van der Waals surface area contributed by atoms with Gasteiger partial charge in [0.15, 0.2) is 0 Å². The number of amides is 3. The maximum atomic E-state index is 12.4. The Morgan fingerprint density at radius 1 is 1.17 bits per heavy atom. The number of nitrogens with one attached hydrogen (secondary N) is 2. The fraction of sp³-hybridized carbons (Fsp3) is 0.455. The van der Waals surface area contributed by atoms with Gasteiger partial charge in [-0.1, -0.05) is 31.2 Å². The van der Waals surface area contributed by atoms with Crippen LogP contribution in [0.3, 0.4) is 0 Å². The summed E-state index contributed by atoms with van der Waals surface area (Å²) in [6, 6.07) is 10.3. The molecule has 3 rings (SSSR count). The number of hydrogen-bond acceptors (Lipinski definition) is 4. The molecular formula is C22H30N4O2S. The summed E-state index contributed by atoms with van der Waals surface area (Å²) < 4.78 is 0. The van der Waals surface area contributed by atoms with E-state index in [1.807, 2.05) is 19.0 Å². The molecule has 3 amide bonds. The van der Waals surface area contributed by atoms with E-state index < -0.39 is 0 Å². The molecule has 0 saturated heterocycles. The highest BCUT2D eigenvalue weighted by Gasteiger charge is 2.22. The Bertz CT molecular complexity index is 832. The van der Waals surface area contributed by atoms with Crippen LogP contribution in [0.1, 0.15) is 34.5 Å². The molecular weight excluding hydrogens is 384 g/mol. The first-order chi connectivity index (χ1) is 14.0. The molecule has 1 aromatic carbocycles. The quantitative estimate of drug-likeness (QED) is 0.732. The number of thiophene rings is 1. The van der Waals surface area contributed by atoms with Crippen molar-refractivity contribution in [3.05, 3.63) is 57.3 Å². The van der Waals surface area contributed by atoms with Gasteiger partial charge in [-0.05, 0) is 55.1 Å². The van der Waals surface area contributed by atoms with Gasteiger partial charge in [0.2, 0.25) is 5.91 Å². The third-order valence-electron chi connectivity index (χ3n) is 5.41. The first-order valence-corrected chi connectivity index (χ1v) is 11.0. The summed E-state index contributed by atoms with van der Waals surface area (Å²) in [4.78, 5) is 29.9. The van der Waals surface area contributed by atoms with Crippen LogP contribution in [0.2, 0.25) is 0 Å². The van der Waals surface area contributed by atoms with Crippen molar-refractivity contribution < 1.29 is 9.59 Å². The van der Waals surface area contributed by atoms with Crippen LogP contribution in [0.5, 0.6) is 0 Å². The molecule has 1 aliphatic heterocycles. The predicted molar refractivity (Wildman–Crippen MR) is 117 cm³/mol. The topological polar surface area (TPSA) is 64.7 Å². The molecule has 6 nitrogen and oxygen atoms in total. The molecule has 0 radical (unpaired) electrons. The number of fused-ring (bicyclic) bond motifs is 1. The number of benzene rings is 1. The fourth-order valence-electron chi connectivity index (χ4n) is 3.55. The number of hydrogen-bond donors (Lipinski definition) is 2. The molecule has 0 fully saturated rings. The summed E-state index contributed by atoms with van der Waals surface area (Å²) in [5.41, 5.74) is 3.67. The molecule has 1 aromatic heterocycles. The van der Waals surface area contributed by atoms with E-state index in [1.165, 1.54) is 16.0 Å². The standard InChI is InChI=1S/C22H30N4O2S/c1-4-16-5-7-17(8-6-16)19(25(2)3)13-23-22(28)24-14-21(27)26-11-9-20-18(15-26)10-12-29-20/h5-8,10,12,19H,4,9,11,13-15H2,1-3H3,(H2,23,24,28). The van der Waals surface area contributed by atoms with Gasteiger partial charge in [0.05, 0.1) is 12.6 Å². The van der Waals surface area contributed by atoms with E-state index in [0.29, 0.717) is 19.6 Å². The van der Waals surface area contributed by atoms with Crippen LogP contribution in [0.4, 0.5) is 4.79 Å². The summed E-state index contributed by atoms with van der Waals surface area (Å²) in [5.74, 6) is -0.0451. The second kappa shape index (κ2) is 9.89. The van der Waals surface area contributed by atoms with Crippen molar-refractivity contribution in [3.63, 3.8) is 0 Å². The van der Waals surface area contributed by atoms with Crippen LogP contribution >= 0.6 is 11.3 Å². The maximum absolute atomic E-state index is 12.4. The summed E-state index contributed by atoms with van der Waals surface area (Å²) in [6.45, 7) is 3.97. The molecule has 1 unspecified atom stereocenters. The molecule has 0 aliphatic carbocycles. The third-order valence-corrected chi connectivity index (χ3v) is 6.44. The van der Waals surface area contributed by atoms with Gasteiger partial charge < -0.3 is 20.4 Å². The smallest absolute Gasteiger partial charge is 0.315 e. The number of aryl methyl sites for hydroxylation is 1. The molecule has 1 atom stereocenters. The molecule has 0 spiro atoms. The van der Waals surface area contributed by atoms with Crippen molar-refractivity contribution >= 4 is 23.3 Å². The Kier molecular flexibility index (Phi) is 7.28. The molecule has 0 saturated carbocycles. The lowest BCUT2D eigenvalue weighted by Gasteiger charge is -2.27. The minimum atomic E-state index is -0.316. The zero-order valence-corrected chi connectivity index (χ0v) is 18.2. The number of urea groups is 1. The highest BCUT2D eigenvalue weighted by molar-refractivity contribution is 7.10. The SMILES string of the molecule is CCc1ccc(C(CNC(=O)NCC(=O)N2CCc3sccc3C2)N(C)C)cc1. The first-order valence-electron chi connectivity index (χ1n) is 10.1. The normalized spacial score (nSPS) is 14.4. The zero-order valence-electron chi connectivity index (χ0n) is 17.4. The second-order valence-electron chi connectivity index (χ2n) is 7.57. The van der Waals surface area contributed by atoms with Gasteiger partial charge in [-0.3, -0.25) is 4.79 Å². The van der Waals surface area contributed by atoms with Gasteiger partial charge in [-0.25, -0.2) is 4.79 Å². The maximum Gasteiger partial charge on any atom is 0.315 e. The van der Waals surface area contributed by atoms with E-state index in [2.05, 4.69) is 58.2 Å². The molecule has 7 heteroatoms. The Morgan fingerprint density at radius 3 is 2.62 bits per heavy atom. The number of rotatable bonds is 7. The highest BCUT2D eigenvalue weighted by atomic mass is 32.1. The van der Waals surface area contributed by atoms with E-state index >= 15 is 0 Å². The molecule has 2 N–H and O–H groups in total. The van der Waals surface area contributed by atoms with Gasteiger partial charge in [0, 0.05) is 24.5 Å². The summed E-state index contributed by atoms with van der Waals surface area (Å²) in [7, 11) is 3.99. The van der Waals surface area contributed by atoms with E-state index in [0.717, 1.165) is 18.4 Å². The lowest BCUT2D eigenvalue weighted by molar-refractivity contribution is -0.130. The average molecular weight is 415 g/mol. The van der Waals surface area contributed by atoms with Gasteiger partial charge in [-0.2, -0.15) is 0 Å². The lowest BCUT2D eigenvalue weighted by atomic mass is 10.0. The Morgan fingerprint density at radius 2 is 1.93 bits per heavy atom. The summed E-state index contributed by atoms with van der Waals surface area (Å²) in [6.07, 6.45) is 1.90. The van der Waals surface area contributed by atoms with Crippen LogP contribution in [-0.2, 0) is 24.2 Å².